The number of hydrogen-bond acceptors (Lipinski definition) is 6. The van der Waals surface area contributed by atoms with Gasteiger partial charge in [0.05, 0.1) is 31.0 Å². The lowest BCUT2D eigenvalue weighted by molar-refractivity contribution is 0.0696. The number of carboxylic acids is 1. The predicted molar refractivity (Wildman–Crippen MR) is 101 cm³/mol. The van der Waals surface area contributed by atoms with Crippen LogP contribution in [0.4, 0.5) is 0 Å². The summed E-state index contributed by atoms with van der Waals surface area (Å²) in [5.74, 6) is 0.450. The van der Waals surface area contributed by atoms with Crippen molar-refractivity contribution < 1.29 is 19.4 Å². The van der Waals surface area contributed by atoms with Crippen LogP contribution < -0.4 is 9.47 Å². The minimum atomic E-state index is -1.03. The minimum absolute atomic E-state index is 0.138. The fourth-order valence-electron chi connectivity index (χ4n) is 2.79. The van der Waals surface area contributed by atoms with Crippen LogP contribution in [0.1, 0.15) is 27.3 Å². The van der Waals surface area contributed by atoms with Crippen LogP contribution in [0.5, 0.6) is 11.5 Å². The molecule has 0 bridgehead atoms. The molecule has 0 fully saturated rings. The smallest absolute Gasteiger partial charge is 0.335 e. The highest BCUT2D eigenvalue weighted by Gasteiger charge is 2.11. The van der Waals surface area contributed by atoms with E-state index < -0.39 is 5.97 Å². The van der Waals surface area contributed by atoms with Crippen molar-refractivity contribution in [1.29, 1.82) is 5.26 Å². The van der Waals surface area contributed by atoms with Gasteiger partial charge in [0, 0.05) is 18.2 Å². The van der Waals surface area contributed by atoms with Crippen LogP contribution >= 0.6 is 0 Å². The summed E-state index contributed by atoms with van der Waals surface area (Å²) in [5, 5.41) is 18.5. The van der Waals surface area contributed by atoms with E-state index in [0.717, 1.165) is 11.1 Å². The number of ether oxygens (including phenoxy) is 2. The topological polar surface area (TPSA) is 105 Å². The number of nitriles is 1. The zero-order valence-electron chi connectivity index (χ0n) is 15.3. The number of benzene rings is 2. The predicted octanol–water partition coefficient (Wildman–Crippen LogP) is 3.32. The van der Waals surface area contributed by atoms with Gasteiger partial charge in [-0.1, -0.05) is 0 Å². The Hall–Kier alpha value is -3.92. The number of aromatic carboxylic acids is 1. The number of carboxylic acid groups (broad SMARTS) is 1. The molecule has 1 aromatic heterocycles. The summed E-state index contributed by atoms with van der Waals surface area (Å²) in [5.41, 5.74) is 2.70. The van der Waals surface area contributed by atoms with Crippen molar-refractivity contribution in [2.75, 3.05) is 14.2 Å². The molecule has 0 saturated heterocycles. The van der Waals surface area contributed by atoms with Crippen molar-refractivity contribution in [2.24, 2.45) is 0 Å². The lowest BCUT2D eigenvalue weighted by Crippen LogP contribution is -2.02. The summed E-state index contributed by atoms with van der Waals surface area (Å²) < 4.78 is 10.3. The lowest BCUT2D eigenvalue weighted by Gasteiger charge is -2.09. The lowest BCUT2D eigenvalue weighted by atomic mass is 10.1. The monoisotopic (exact) mass is 375 g/mol. The summed E-state index contributed by atoms with van der Waals surface area (Å²) in [6.07, 6.45) is 1.97. The van der Waals surface area contributed by atoms with E-state index in [9.17, 15) is 15.2 Å². The Morgan fingerprint density at radius 3 is 2.64 bits per heavy atom. The van der Waals surface area contributed by atoms with E-state index in [2.05, 4.69) is 16.0 Å². The van der Waals surface area contributed by atoms with Crippen molar-refractivity contribution in [3.05, 3.63) is 71.2 Å². The molecule has 140 valence electrons. The molecule has 0 amide bonds. The second-order valence-corrected chi connectivity index (χ2v) is 5.94. The molecule has 1 N–H and O–H groups in total. The Morgan fingerprint density at radius 2 is 1.96 bits per heavy atom. The van der Waals surface area contributed by atoms with Gasteiger partial charge in [-0.25, -0.2) is 14.8 Å². The van der Waals surface area contributed by atoms with Crippen molar-refractivity contribution in [1.82, 2.24) is 9.97 Å². The van der Waals surface area contributed by atoms with Crippen LogP contribution in [0.25, 0.3) is 11.3 Å². The highest BCUT2D eigenvalue weighted by Crippen LogP contribution is 2.25. The second-order valence-electron chi connectivity index (χ2n) is 5.94. The van der Waals surface area contributed by atoms with Gasteiger partial charge < -0.3 is 14.6 Å². The number of rotatable bonds is 6. The standard InChI is InChI=1S/C21H17N3O4/c1-27-17-8-13(7-15(11-17)21(25)26)9-20-23-6-5-18(24-20)14-3-4-19(28-2)16(10-14)12-22/h3-8,10-11H,9H2,1-2H3,(H,25,26). The van der Waals surface area contributed by atoms with E-state index in [1.807, 2.05) is 6.07 Å². The molecule has 0 aliphatic carbocycles. The Kier molecular flexibility index (Phi) is 5.51. The van der Waals surface area contributed by atoms with E-state index in [4.69, 9.17) is 9.47 Å². The fourth-order valence-corrected chi connectivity index (χ4v) is 2.79. The van der Waals surface area contributed by atoms with Crippen LogP contribution in [0.3, 0.4) is 0 Å². The molecule has 2 aromatic carbocycles. The van der Waals surface area contributed by atoms with Crippen molar-refractivity contribution >= 4 is 5.97 Å². The molecule has 0 atom stereocenters. The quantitative estimate of drug-likeness (QED) is 0.704. The molecule has 3 aromatic rings. The van der Waals surface area contributed by atoms with E-state index in [1.54, 1.807) is 36.5 Å². The first-order chi connectivity index (χ1) is 13.5. The maximum Gasteiger partial charge on any atom is 0.335 e. The molecule has 0 saturated carbocycles. The van der Waals surface area contributed by atoms with Gasteiger partial charge >= 0.3 is 5.97 Å². The summed E-state index contributed by atoms with van der Waals surface area (Å²) in [7, 11) is 3.00. The SMILES string of the molecule is COc1cc(Cc2nccc(-c3ccc(OC)c(C#N)c3)n2)cc(C(=O)O)c1. The highest BCUT2D eigenvalue weighted by atomic mass is 16.5. The molecular weight excluding hydrogens is 358 g/mol. The molecular formula is C21H17N3O4. The summed E-state index contributed by atoms with van der Waals surface area (Å²) >= 11 is 0. The second kappa shape index (κ2) is 8.18. The van der Waals surface area contributed by atoms with Gasteiger partial charge in [-0.15, -0.1) is 0 Å². The van der Waals surface area contributed by atoms with Gasteiger partial charge in [0.25, 0.3) is 0 Å². The summed E-state index contributed by atoms with van der Waals surface area (Å²) in [4.78, 5) is 20.1. The number of nitrogens with zero attached hydrogens (tertiary/aromatic N) is 3. The third-order valence-corrected chi connectivity index (χ3v) is 4.13. The summed E-state index contributed by atoms with van der Waals surface area (Å²) in [6, 6.07) is 13.9. The molecule has 0 unspecified atom stereocenters. The van der Waals surface area contributed by atoms with Crippen molar-refractivity contribution in [3.63, 3.8) is 0 Å². The van der Waals surface area contributed by atoms with Gasteiger partial charge in [-0.2, -0.15) is 5.26 Å². The zero-order chi connectivity index (χ0) is 20.1. The molecule has 0 aliphatic heterocycles. The van der Waals surface area contributed by atoms with Gasteiger partial charge in [0.1, 0.15) is 23.4 Å². The Morgan fingerprint density at radius 1 is 1.14 bits per heavy atom. The minimum Gasteiger partial charge on any atom is -0.497 e. The van der Waals surface area contributed by atoms with Crippen molar-refractivity contribution in [2.45, 2.75) is 6.42 Å². The first-order valence-corrected chi connectivity index (χ1v) is 8.35. The third-order valence-electron chi connectivity index (χ3n) is 4.13. The van der Waals surface area contributed by atoms with Gasteiger partial charge in [-0.3, -0.25) is 0 Å². The van der Waals surface area contributed by atoms with Gasteiger partial charge in [0.15, 0.2) is 0 Å². The number of carbonyl (C=O) groups is 1. The molecule has 0 spiro atoms. The van der Waals surface area contributed by atoms with E-state index in [-0.39, 0.29) is 5.56 Å². The normalized spacial score (nSPS) is 10.2. The molecule has 7 nitrogen and oxygen atoms in total. The summed E-state index contributed by atoms with van der Waals surface area (Å²) in [6.45, 7) is 0. The first-order valence-electron chi connectivity index (χ1n) is 8.35. The number of hydrogen-bond donors (Lipinski definition) is 1. The van der Waals surface area contributed by atoms with Crippen LogP contribution in [0, 0.1) is 11.3 Å². The Bertz CT molecular complexity index is 1070. The maximum absolute atomic E-state index is 11.3. The van der Waals surface area contributed by atoms with Crippen LogP contribution in [0.15, 0.2) is 48.7 Å². The fraction of sp³-hybridized carbons (Fsp3) is 0.143. The molecule has 28 heavy (non-hydrogen) atoms. The van der Waals surface area contributed by atoms with Gasteiger partial charge in [0.2, 0.25) is 0 Å². The average molecular weight is 375 g/mol. The molecule has 0 aliphatic rings. The molecule has 7 heteroatoms. The highest BCUT2D eigenvalue weighted by molar-refractivity contribution is 5.88. The van der Waals surface area contributed by atoms with Crippen LogP contribution in [0.2, 0.25) is 0 Å². The Labute approximate surface area is 161 Å². The maximum atomic E-state index is 11.3. The molecule has 1 heterocycles. The van der Waals surface area contributed by atoms with Crippen LogP contribution in [-0.4, -0.2) is 35.3 Å². The van der Waals surface area contributed by atoms with E-state index >= 15 is 0 Å². The number of aromatic nitrogens is 2. The third kappa shape index (κ3) is 4.07. The van der Waals surface area contributed by atoms with E-state index in [1.165, 1.54) is 20.3 Å². The molecule has 3 rings (SSSR count). The van der Waals surface area contributed by atoms with Crippen molar-refractivity contribution in [3.8, 4) is 28.8 Å². The largest absolute Gasteiger partial charge is 0.497 e. The number of methoxy groups -OCH3 is 2. The first kappa shape index (κ1) is 18.9. The van der Waals surface area contributed by atoms with Crippen LogP contribution in [-0.2, 0) is 6.42 Å². The van der Waals surface area contributed by atoms with Gasteiger partial charge in [-0.05, 0) is 48.0 Å². The average Bonchev–Trinajstić information content (AvgIpc) is 2.73. The van der Waals surface area contributed by atoms with E-state index in [0.29, 0.717) is 35.0 Å². The zero-order valence-corrected chi connectivity index (χ0v) is 15.3. The Balaban J connectivity index is 1.94. The molecule has 0 radical (unpaired) electrons.